The van der Waals surface area contributed by atoms with Crippen LogP contribution in [0, 0.1) is 17.0 Å². The average Bonchev–Trinajstić information content (AvgIpc) is 3.11. The Labute approximate surface area is 159 Å². The van der Waals surface area contributed by atoms with E-state index in [1.165, 1.54) is 12.1 Å². The van der Waals surface area contributed by atoms with Crippen molar-refractivity contribution >= 4 is 27.0 Å². The normalized spacial score (nSPS) is 19.3. The third-order valence-electron chi connectivity index (χ3n) is 5.07. The van der Waals surface area contributed by atoms with Gasteiger partial charge in [-0.05, 0) is 45.8 Å². The molecule has 3 nitrogen and oxygen atoms in total. The van der Waals surface area contributed by atoms with E-state index in [0.29, 0.717) is 18.8 Å². The van der Waals surface area contributed by atoms with E-state index in [1.807, 2.05) is 24.3 Å². The standard InChI is InChI=1S/C20H19BrF2N2O/c1-20(2)11-26-10-18(20)25-17-6-4-3-5-16(17)24-19(25)8-12-7-15(23)13(21)9-14(12)22/h3-7,9,18H,8,10-11H2,1-2H3/t18-/m0/s1. The molecular formula is C20H19BrF2N2O. The molecule has 0 saturated carbocycles. The van der Waals surface area contributed by atoms with Crippen molar-refractivity contribution in [3.05, 3.63) is 63.9 Å². The third kappa shape index (κ3) is 2.95. The second-order valence-electron chi connectivity index (χ2n) is 7.44. The zero-order chi connectivity index (χ0) is 18.5. The molecule has 0 aliphatic carbocycles. The van der Waals surface area contributed by atoms with Crippen molar-refractivity contribution in [1.82, 2.24) is 9.55 Å². The third-order valence-corrected chi connectivity index (χ3v) is 5.68. The van der Waals surface area contributed by atoms with Gasteiger partial charge in [0.2, 0.25) is 0 Å². The molecule has 2 heterocycles. The highest BCUT2D eigenvalue weighted by Gasteiger charge is 2.39. The van der Waals surface area contributed by atoms with Gasteiger partial charge in [-0.1, -0.05) is 26.0 Å². The number of para-hydroxylation sites is 2. The summed E-state index contributed by atoms with van der Waals surface area (Å²) < 4.78 is 36.3. The molecular weight excluding hydrogens is 402 g/mol. The fourth-order valence-corrected chi connectivity index (χ4v) is 3.93. The van der Waals surface area contributed by atoms with Crippen LogP contribution < -0.4 is 0 Å². The van der Waals surface area contributed by atoms with Crippen molar-refractivity contribution in [1.29, 1.82) is 0 Å². The Morgan fingerprint density at radius 2 is 2.00 bits per heavy atom. The molecule has 0 radical (unpaired) electrons. The van der Waals surface area contributed by atoms with Crippen LogP contribution >= 0.6 is 15.9 Å². The van der Waals surface area contributed by atoms with E-state index >= 15 is 0 Å². The molecule has 1 saturated heterocycles. The molecule has 0 unspecified atom stereocenters. The van der Waals surface area contributed by atoms with Gasteiger partial charge in [0.15, 0.2) is 0 Å². The number of fused-ring (bicyclic) bond motifs is 1. The number of imidazole rings is 1. The van der Waals surface area contributed by atoms with Crippen molar-refractivity contribution < 1.29 is 13.5 Å². The number of rotatable bonds is 3. The summed E-state index contributed by atoms with van der Waals surface area (Å²) in [5.74, 6) is -0.206. The molecule has 0 spiro atoms. The van der Waals surface area contributed by atoms with Crippen molar-refractivity contribution in [3.63, 3.8) is 0 Å². The Balaban J connectivity index is 1.85. The summed E-state index contributed by atoms with van der Waals surface area (Å²) in [6.07, 6.45) is 0.220. The molecule has 136 valence electrons. The number of nitrogens with zero attached hydrogens (tertiary/aromatic N) is 2. The lowest BCUT2D eigenvalue weighted by molar-refractivity contribution is 0.166. The van der Waals surface area contributed by atoms with E-state index in [4.69, 9.17) is 9.72 Å². The van der Waals surface area contributed by atoms with E-state index in [2.05, 4.69) is 34.3 Å². The van der Waals surface area contributed by atoms with Gasteiger partial charge in [-0.25, -0.2) is 13.8 Å². The number of ether oxygens (including phenoxy) is 1. The predicted molar refractivity (Wildman–Crippen MR) is 100 cm³/mol. The average molecular weight is 421 g/mol. The summed E-state index contributed by atoms with van der Waals surface area (Å²) in [5.41, 5.74) is 2.06. The van der Waals surface area contributed by atoms with Crippen molar-refractivity contribution in [2.45, 2.75) is 26.3 Å². The van der Waals surface area contributed by atoms with Crippen molar-refractivity contribution in [2.24, 2.45) is 5.41 Å². The van der Waals surface area contributed by atoms with E-state index in [0.717, 1.165) is 16.9 Å². The number of aromatic nitrogens is 2. The van der Waals surface area contributed by atoms with Gasteiger partial charge >= 0.3 is 0 Å². The Bertz CT molecular complexity index is 983. The summed E-state index contributed by atoms with van der Waals surface area (Å²) in [7, 11) is 0. The van der Waals surface area contributed by atoms with Crippen LogP contribution in [0.5, 0.6) is 0 Å². The quantitative estimate of drug-likeness (QED) is 0.539. The first-order chi connectivity index (χ1) is 12.4. The Kier molecular flexibility index (Phi) is 4.35. The lowest BCUT2D eigenvalue weighted by Gasteiger charge is -2.28. The minimum atomic E-state index is -0.478. The van der Waals surface area contributed by atoms with Gasteiger partial charge in [-0.15, -0.1) is 0 Å². The van der Waals surface area contributed by atoms with Gasteiger partial charge in [0.25, 0.3) is 0 Å². The first-order valence-electron chi connectivity index (χ1n) is 8.54. The lowest BCUT2D eigenvalue weighted by Crippen LogP contribution is -2.27. The number of hydrogen-bond donors (Lipinski definition) is 0. The molecule has 0 amide bonds. The fraction of sp³-hybridized carbons (Fsp3) is 0.350. The van der Waals surface area contributed by atoms with Crippen LogP contribution in [0.2, 0.25) is 0 Å². The van der Waals surface area contributed by atoms with Crippen LogP contribution in [0.4, 0.5) is 8.78 Å². The summed E-state index contributed by atoms with van der Waals surface area (Å²) in [6.45, 7) is 5.55. The van der Waals surface area contributed by atoms with Crippen LogP contribution in [-0.4, -0.2) is 22.8 Å². The summed E-state index contributed by atoms with van der Waals surface area (Å²) in [6, 6.07) is 10.3. The summed E-state index contributed by atoms with van der Waals surface area (Å²) in [5, 5.41) is 0. The van der Waals surface area contributed by atoms with Gasteiger partial charge in [0.05, 0.1) is 34.8 Å². The molecule has 1 atom stereocenters. The van der Waals surface area contributed by atoms with Gasteiger partial charge in [0, 0.05) is 11.8 Å². The molecule has 2 aromatic carbocycles. The Morgan fingerprint density at radius 3 is 2.73 bits per heavy atom. The zero-order valence-corrected chi connectivity index (χ0v) is 16.2. The predicted octanol–water partition coefficient (Wildman–Crippen LogP) is 5.27. The zero-order valence-electron chi connectivity index (χ0n) is 14.6. The molecule has 4 rings (SSSR count). The largest absolute Gasteiger partial charge is 0.379 e. The molecule has 0 bridgehead atoms. The van der Waals surface area contributed by atoms with Gasteiger partial charge in [0.1, 0.15) is 17.5 Å². The maximum absolute atomic E-state index is 14.4. The van der Waals surface area contributed by atoms with Crippen molar-refractivity contribution in [3.8, 4) is 0 Å². The van der Waals surface area contributed by atoms with Crippen LogP contribution in [0.3, 0.4) is 0 Å². The topological polar surface area (TPSA) is 27.1 Å². The molecule has 26 heavy (non-hydrogen) atoms. The lowest BCUT2D eigenvalue weighted by atomic mass is 9.87. The molecule has 3 aromatic rings. The number of benzene rings is 2. The highest BCUT2D eigenvalue weighted by atomic mass is 79.9. The number of halogens is 3. The van der Waals surface area contributed by atoms with Gasteiger partial charge in [-0.2, -0.15) is 0 Å². The first-order valence-corrected chi connectivity index (χ1v) is 9.33. The minimum absolute atomic E-state index is 0.0677. The molecule has 1 aliphatic rings. The van der Waals surface area contributed by atoms with Gasteiger partial charge in [-0.3, -0.25) is 0 Å². The molecule has 1 fully saturated rings. The number of hydrogen-bond acceptors (Lipinski definition) is 2. The first kappa shape index (κ1) is 17.6. The van der Waals surface area contributed by atoms with Crippen molar-refractivity contribution in [2.75, 3.05) is 13.2 Å². The highest BCUT2D eigenvalue weighted by Crippen LogP contribution is 2.40. The monoisotopic (exact) mass is 420 g/mol. The Morgan fingerprint density at radius 1 is 1.23 bits per heavy atom. The van der Waals surface area contributed by atoms with E-state index in [-0.39, 0.29) is 22.4 Å². The highest BCUT2D eigenvalue weighted by molar-refractivity contribution is 9.10. The van der Waals surface area contributed by atoms with E-state index in [1.54, 1.807) is 0 Å². The molecule has 6 heteroatoms. The Hall–Kier alpha value is -1.79. The van der Waals surface area contributed by atoms with Crippen LogP contribution in [0.15, 0.2) is 40.9 Å². The van der Waals surface area contributed by atoms with Crippen LogP contribution in [0.1, 0.15) is 31.3 Å². The summed E-state index contributed by atoms with van der Waals surface area (Å²) >= 11 is 3.02. The maximum Gasteiger partial charge on any atom is 0.137 e. The molecule has 0 N–H and O–H groups in total. The van der Waals surface area contributed by atoms with Crippen LogP contribution in [0.25, 0.3) is 11.0 Å². The minimum Gasteiger partial charge on any atom is -0.379 e. The second-order valence-corrected chi connectivity index (χ2v) is 8.30. The second kappa shape index (κ2) is 6.43. The SMILES string of the molecule is CC1(C)COC[C@@H]1n1c(Cc2cc(F)c(Br)cc2F)nc2ccccc21. The van der Waals surface area contributed by atoms with Crippen LogP contribution in [-0.2, 0) is 11.2 Å². The summed E-state index contributed by atoms with van der Waals surface area (Å²) in [4.78, 5) is 4.72. The fourth-order valence-electron chi connectivity index (χ4n) is 3.62. The van der Waals surface area contributed by atoms with E-state index in [9.17, 15) is 8.78 Å². The maximum atomic E-state index is 14.4. The van der Waals surface area contributed by atoms with Gasteiger partial charge < -0.3 is 9.30 Å². The smallest absolute Gasteiger partial charge is 0.137 e. The van der Waals surface area contributed by atoms with E-state index < -0.39 is 11.6 Å². The molecule has 1 aliphatic heterocycles. The molecule has 1 aromatic heterocycles.